The standard InChI is InChI=1S/C32H66O8/c1-6-7-8-9-10-11-12-13-14-15-16-17-19-36-25-29(2)38-27-31(4)40-28-32(5)39-26-30(3)37-24-23-35-22-21-34-20-18-33/h29-33H,6-28H2,1-5H3. The molecule has 242 valence electrons. The van der Waals surface area contributed by atoms with E-state index in [1.165, 1.54) is 70.6 Å². The van der Waals surface area contributed by atoms with Crippen LogP contribution in [0.5, 0.6) is 0 Å². The van der Waals surface area contributed by atoms with E-state index in [0.717, 1.165) is 13.0 Å². The van der Waals surface area contributed by atoms with E-state index < -0.39 is 0 Å². The molecular weight excluding hydrogens is 512 g/mol. The predicted molar refractivity (Wildman–Crippen MR) is 162 cm³/mol. The third kappa shape index (κ3) is 30.6. The monoisotopic (exact) mass is 578 g/mol. The summed E-state index contributed by atoms with van der Waals surface area (Å²) in [7, 11) is 0. The molecule has 0 amide bonds. The summed E-state index contributed by atoms with van der Waals surface area (Å²) in [5, 5.41) is 8.63. The van der Waals surface area contributed by atoms with Gasteiger partial charge < -0.3 is 38.3 Å². The number of hydrogen-bond acceptors (Lipinski definition) is 8. The fourth-order valence-corrected chi connectivity index (χ4v) is 4.08. The number of ether oxygens (including phenoxy) is 7. The maximum Gasteiger partial charge on any atom is 0.0781 e. The molecule has 0 bridgehead atoms. The number of unbranched alkanes of at least 4 members (excludes halogenated alkanes) is 11. The zero-order valence-corrected chi connectivity index (χ0v) is 26.9. The molecule has 0 aliphatic rings. The van der Waals surface area contributed by atoms with Gasteiger partial charge in [-0.05, 0) is 34.1 Å². The molecule has 0 saturated carbocycles. The third-order valence-corrected chi connectivity index (χ3v) is 6.58. The first-order chi connectivity index (χ1) is 19.5. The summed E-state index contributed by atoms with van der Waals surface area (Å²) in [6.07, 6.45) is 16.3. The minimum atomic E-state index is -0.0234. The van der Waals surface area contributed by atoms with Gasteiger partial charge in [0, 0.05) is 6.61 Å². The minimum absolute atomic E-state index is 0.00276. The van der Waals surface area contributed by atoms with E-state index in [9.17, 15) is 0 Å². The second-order valence-electron chi connectivity index (χ2n) is 11.0. The minimum Gasteiger partial charge on any atom is -0.394 e. The lowest BCUT2D eigenvalue weighted by Crippen LogP contribution is -2.28. The van der Waals surface area contributed by atoms with E-state index in [2.05, 4.69) is 13.8 Å². The van der Waals surface area contributed by atoms with Gasteiger partial charge in [-0.1, -0.05) is 77.6 Å². The zero-order valence-electron chi connectivity index (χ0n) is 26.9. The fraction of sp³-hybridized carbons (Fsp3) is 1.00. The van der Waals surface area contributed by atoms with Gasteiger partial charge in [0.1, 0.15) is 0 Å². The Morgan fingerprint density at radius 2 is 0.800 bits per heavy atom. The first-order valence-corrected chi connectivity index (χ1v) is 16.3. The highest BCUT2D eigenvalue weighted by Crippen LogP contribution is 2.12. The van der Waals surface area contributed by atoms with Crippen molar-refractivity contribution in [1.29, 1.82) is 0 Å². The Hall–Kier alpha value is -0.320. The van der Waals surface area contributed by atoms with Gasteiger partial charge in [-0.3, -0.25) is 0 Å². The lowest BCUT2D eigenvalue weighted by Gasteiger charge is -2.21. The van der Waals surface area contributed by atoms with Crippen molar-refractivity contribution in [2.45, 2.75) is 136 Å². The molecule has 0 aromatic heterocycles. The van der Waals surface area contributed by atoms with Crippen LogP contribution in [0, 0.1) is 0 Å². The Labute approximate surface area is 247 Å². The second kappa shape index (κ2) is 31.6. The average molecular weight is 579 g/mol. The van der Waals surface area contributed by atoms with Gasteiger partial charge >= 0.3 is 0 Å². The van der Waals surface area contributed by atoms with Gasteiger partial charge in [-0.25, -0.2) is 0 Å². The zero-order chi connectivity index (χ0) is 29.5. The van der Waals surface area contributed by atoms with Crippen LogP contribution in [-0.4, -0.2) is 102 Å². The smallest absolute Gasteiger partial charge is 0.0781 e. The summed E-state index contributed by atoms with van der Waals surface area (Å²) in [5.41, 5.74) is 0. The van der Waals surface area contributed by atoms with Crippen molar-refractivity contribution in [3.63, 3.8) is 0 Å². The van der Waals surface area contributed by atoms with E-state index in [4.69, 9.17) is 38.3 Å². The van der Waals surface area contributed by atoms with E-state index in [0.29, 0.717) is 59.5 Å². The molecular formula is C32H66O8. The van der Waals surface area contributed by atoms with E-state index >= 15 is 0 Å². The highest BCUT2D eigenvalue weighted by atomic mass is 16.6. The van der Waals surface area contributed by atoms with Crippen LogP contribution in [0.15, 0.2) is 0 Å². The summed E-state index contributed by atoms with van der Waals surface area (Å²) >= 11 is 0. The van der Waals surface area contributed by atoms with Crippen molar-refractivity contribution >= 4 is 0 Å². The van der Waals surface area contributed by atoms with Crippen molar-refractivity contribution in [1.82, 2.24) is 0 Å². The van der Waals surface area contributed by atoms with Crippen molar-refractivity contribution in [3.8, 4) is 0 Å². The number of aliphatic hydroxyl groups is 1. The van der Waals surface area contributed by atoms with E-state index in [-0.39, 0.29) is 31.0 Å². The molecule has 0 rings (SSSR count). The summed E-state index contributed by atoms with van der Waals surface area (Å²) in [4.78, 5) is 0. The molecule has 8 heteroatoms. The van der Waals surface area contributed by atoms with Crippen molar-refractivity contribution < 1.29 is 38.3 Å². The van der Waals surface area contributed by atoms with Crippen molar-refractivity contribution in [2.75, 3.05) is 72.7 Å². The van der Waals surface area contributed by atoms with Gasteiger partial charge in [0.15, 0.2) is 0 Å². The largest absolute Gasteiger partial charge is 0.394 e. The maximum atomic E-state index is 8.63. The molecule has 4 unspecified atom stereocenters. The van der Waals surface area contributed by atoms with Crippen LogP contribution in [-0.2, 0) is 33.2 Å². The number of rotatable bonds is 33. The molecule has 0 aliphatic carbocycles. The van der Waals surface area contributed by atoms with Crippen LogP contribution in [0.1, 0.15) is 112 Å². The van der Waals surface area contributed by atoms with Gasteiger partial charge in [0.2, 0.25) is 0 Å². The molecule has 4 atom stereocenters. The molecule has 0 radical (unpaired) electrons. The molecule has 40 heavy (non-hydrogen) atoms. The Kier molecular flexibility index (Phi) is 31.4. The first-order valence-electron chi connectivity index (χ1n) is 16.3. The Morgan fingerprint density at radius 1 is 0.400 bits per heavy atom. The lowest BCUT2D eigenvalue weighted by atomic mass is 10.1. The highest BCUT2D eigenvalue weighted by molar-refractivity contribution is 4.57. The van der Waals surface area contributed by atoms with Gasteiger partial charge in [-0.15, -0.1) is 0 Å². The predicted octanol–water partition coefficient (Wildman–Crippen LogP) is 6.35. The third-order valence-electron chi connectivity index (χ3n) is 6.58. The van der Waals surface area contributed by atoms with Gasteiger partial charge in [-0.2, -0.15) is 0 Å². The van der Waals surface area contributed by atoms with Crippen LogP contribution in [0.3, 0.4) is 0 Å². The summed E-state index contributed by atoms with van der Waals surface area (Å²) in [6, 6.07) is 0. The Bertz CT molecular complexity index is 482. The normalized spacial score (nSPS) is 14.8. The Balaban J connectivity index is 3.48. The molecule has 0 aliphatic heterocycles. The molecule has 0 heterocycles. The van der Waals surface area contributed by atoms with Crippen molar-refractivity contribution in [2.24, 2.45) is 0 Å². The first kappa shape index (κ1) is 39.7. The highest BCUT2D eigenvalue weighted by Gasteiger charge is 2.11. The molecule has 0 aromatic rings. The molecule has 0 fully saturated rings. The SMILES string of the molecule is CCCCCCCCCCCCCCOCC(C)OCC(C)OCC(C)OCC(C)OCCOCCOCCO. The maximum absolute atomic E-state index is 8.63. The lowest BCUT2D eigenvalue weighted by molar-refractivity contribution is -0.0950. The fourth-order valence-electron chi connectivity index (χ4n) is 4.08. The summed E-state index contributed by atoms with van der Waals surface area (Å²) in [5.74, 6) is 0. The van der Waals surface area contributed by atoms with Gasteiger partial charge in [0.25, 0.3) is 0 Å². The summed E-state index contributed by atoms with van der Waals surface area (Å²) in [6.45, 7) is 15.7. The molecule has 0 aromatic carbocycles. The number of aliphatic hydroxyl groups excluding tert-OH is 1. The van der Waals surface area contributed by atoms with Crippen LogP contribution in [0.2, 0.25) is 0 Å². The average Bonchev–Trinajstić information content (AvgIpc) is 2.95. The van der Waals surface area contributed by atoms with Gasteiger partial charge in [0.05, 0.1) is 90.5 Å². The van der Waals surface area contributed by atoms with E-state index in [1.807, 2.05) is 20.8 Å². The molecule has 0 saturated heterocycles. The van der Waals surface area contributed by atoms with Crippen LogP contribution >= 0.6 is 0 Å². The molecule has 1 N–H and O–H groups in total. The van der Waals surface area contributed by atoms with Crippen LogP contribution < -0.4 is 0 Å². The quantitative estimate of drug-likeness (QED) is 0.0902. The molecule has 0 spiro atoms. The van der Waals surface area contributed by atoms with Crippen molar-refractivity contribution in [3.05, 3.63) is 0 Å². The molecule has 8 nitrogen and oxygen atoms in total. The van der Waals surface area contributed by atoms with Crippen LogP contribution in [0.4, 0.5) is 0 Å². The topological polar surface area (TPSA) is 84.8 Å². The number of hydrogen-bond donors (Lipinski definition) is 1. The van der Waals surface area contributed by atoms with Crippen LogP contribution in [0.25, 0.3) is 0 Å². The van der Waals surface area contributed by atoms with E-state index in [1.54, 1.807) is 0 Å². The summed E-state index contributed by atoms with van der Waals surface area (Å²) < 4.78 is 39.7. The second-order valence-corrected chi connectivity index (χ2v) is 11.0. The Morgan fingerprint density at radius 3 is 1.30 bits per heavy atom.